The van der Waals surface area contributed by atoms with Crippen molar-refractivity contribution in [2.75, 3.05) is 25.3 Å². The second-order valence-electron chi connectivity index (χ2n) is 7.60. The Kier molecular flexibility index (Phi) is 9.95. The maximum absolute atomic E-state index is 12.4. The van der Waals surface area contributed by atoms with Gasteiger partial charge in [-0.3, -0.25) is 9.59 Å². The average molecular weight is 575 g/mol. The summed E-state index contributed by atoms with van der Waals surface area (Å²) < 4.78 is 13.3. The number of amides is 2. The van der Waals surface area contributed by atoms with E-state index in [2.05, 4.69) is 36.8 Å². The Morgan fingerprint density at radius 3 is 2.58 bits per heavy atom. The predicted molar refractivity (Wildman–Crippen MR) is 144 cm³/mol. The first-order valence-corrected chi connectivity index (χ1v) is 12.9. The summed E-state index contributed by atoms with van der Waals surface area (Å²) in [5.74, 6) is 1.60. The van der Waals surface area contributed by atoms with E-state index < -0.39 is 0 Å². The van der Waals surface area contributed by atoms with E-state index in [4.69, 9.17) is 9.47 Å². The average Bonchev–Trinajstić information content (AvgIpc) is 3.28. The zero-order valence-corrected chi connectivity index (χ0v) is 22.9. The summed E-state index contributed by atoms with van der Waals surface area (Å²) in [5.41, 5.74) is 2.54. The Labute approximate surface area is 222 Å². The van der Waals surface area contributed by atoms with Crippen LogP contribution in [0.25, 0.3) is 6.08 Å². The number of rotatable bonds is 11. The van der Waals surface area contributed by atoms with Crippen LogP contribution in [-0.4, -0.2) is 46.6 Å². The van der Waals surface area contributed by atoms with Crippen molar-refractivity contribution in [2.24, 2.45) is 0 Å². The van der Waals surface area contributed by atoms with Crippen LogP contribution in [0.15, 0.2) is 52.1 Å². The molecule has 36 heavy (non-hydrogen) atoms. The summed E-state index contributed by atoms with van der Waals surface area (Å²) in [5, 5.41) is 14.7. The molecule has 0 saturated heterocycles. The molecule has 0 radical (unpaired) electrons. The van der Waals surface area contributed by atoms with Crippen molar-refractivity contribution in [3.63, 3.8) is 0 Å². The third-order valence-corrected chi connectivity index (χ3v) is 6.62. The number of hydrogen-bond acceptors (Lipinski definition) is 7. The minimum atomic E-state index is -0.270. The molecule has 0 aliphatic heterocycles. The van der Waals surface area contributed by atoms with E-state index in [9.17, 15) is 9.59 Å². The third-order valence-electron chi connectivity index (χ3n) is 5.16. The topological polar surface area (TPSA) is 107 Å². The van der Waals surface area contributed by atoms with Crippen molar-refractivity contribution < 1.29 is 19.1 Å². The molecule has 9 nitrogen and oxygen atoms in total. The largest absolute Gasteiger partial charge is 0.493 e. The smallest absolute Gasteiger partial charge is 0.244 e. The summed E-state index contributed by atoms with van der Waals surface area (Å²) >= 11 is 4.72. The molecule has 2 aromatic carbocycles. The van der Waals surface area contributed by atoms with Crippen molar-refractivity contribution in [3.05, 3.63) is 63.9 Å². The van der Waals surface area contributed by atoms with E-state index in [0.29, 0.717) is 29.0 Å². The molecule has 3 aromatic rings. The number of ether oxygens (including phenoxy) is 2. The fourth-order valence-corrected chi connectivity index (χ4v) is 4.61. The second kappa shape index (κ2) is 13.1. The van der Waals surface area contributed by atoms with Crippen LogP contribution in [0, 0.1) is 6.92 Å². The number of nitrogens with zero attached hydrogens (tertiary/aromatic N) is 3. The van der Waals surface area contributed by atoms with Crippen LogP contribution >= 0.6 is 27.7 Å². The van der Waals surface area contributed by atoms with Crippen molar-refractivity contribution in [1.29, 1.82) is 0 Å². The van der Waals surface area contributed by atoms with Crippen LogP contribution in [0.5, 0.6) is 11.5 Å². The Morgan fingerprint density at radius 2 is 1.89 bits per heavy atom. The quantitative estimate of drug-likeness (QED) is 0.258. The number of hydrogen-bond donors (Lipinski definition) is 2. The zero-order valence-electron chi connectivity index (χ0n) is 20.5. The van der Waals surface area contributed by atoms with E-state index in [-0.39, 0.29) is 24.1 Å². The van der Waals surface area contributed by atoms with Gasteiger partial charge in [0, 0.05) is 22.8 Å². The first kappa shape index (κ1) is 27.3. The lowest BCUT2D eigenvalue weighted by molar-refractivity contribution is -0.116. The van der Waals surface area contributed by atoms with Crippen molar-refractivity contribution >= 4 is 51.3 Å². The predicted octanol–water partition coefficient (Wildman–Crippen LogP) is 4.45. The molecule has 0 spiro atoms. The van der Waals surface area contributed by atoms with E-state index in [0.717, 1.165) is 21.3 Å². The normalized spacial score (nSPS) is 10.9. The van der Waals surface area contributed by atoms with Gasteiger partial charge in [0.1, 0.15) is 0 Å². The van der Waals surface area contributed by atoms with Gasteiger partial charge >= 0.3 is 0 Å². The van der Waals surface area contributed by atoms with Gasteiger partial charge < -0.3 is 24.7 Å². The van der Waals surface area contributed by atoms with Gasteiger partial charge in [-0.15, -0.1) is 10.2 Å². The Balaban J connectivity index is 1.54. The van der Waals surface area contributed by atoms with Gasteiger partial charge in [0.15, 0.2) is 22.5 Å². The molecular formula is C25H28BrN5O4S. The standard InChI is InChI=1S/C25H28BrN5O4S/c1-5-31-22(14-27-23(32)11-7-17-6-10-20(34-3)21(13-17)35-4)29-30-25(31)36-15-24(33)28-19-9-8-18(26)12-16(19)2/h6-13H,5,14-15H2,1-4H3,(H,27,32)(H,28,33)/b11-7+. The van der Waals surface area contributed by atoms with Crippen LogP contribution in [-0.2, 0) is 22.7 Å². The number of halogens is 1. The molecule has 0 aliphatic carbocycles. The van der Waals surface area contributed by atoms with Gasteiger partial charge in [-0.1, -0.05) is 33.8 Å². The summed E-state index contributed by atoms with van der Waals surface area (Å²) in [7, 11) is 3.13. The molecule has 2 amide bonds. The lowest BCUT2D eigenvalue weighted by atomic mass is 10.2. The maximum atomic E-state index is 12.4. The molecule has 1 aromatic heterocycles. The van der Waals surface area contributed by atoms with Crippen LogP contribution in [0.3, 0.4) is 0 Å². The maximum Gasteiger partial charge on any atom is 0.244 e. The van der Waals surface area contributed by atoms with Crippen LogP contribution in [0.1, 0.15) is 23.9 Å². The van der Waals surface area contributed by atoms with Gasteiger partial charge in [-0.2, -0.15) is 0 Å². The number of benzene rings is 2. The zero-order chi connectivity index (χ0) is 26.1. The molecule has 3 rings (SSSR count). The fraction of sp³-hybridized carbons (Fsp3) is 0.280. The second-order valence-corrected chi connectivity index (χ2v) is 9.46. The highest BCUT2D eigenvalue weighted by Crippen LogP contribution is 2.28. The Morgan fingerprint density at radius 1 is 1.11 bits per heavy atom. The molecule has 0 aliphatic rings. The highest BCUT2D eigenvalue weighted by molar-refractivity contribution is 9.10. The Hall–Kier alpha value is -3.31. The summed E-state index contributed by atoms with van der Waals surface area (Å²) in [6.07, 6.45) is 3.13. The van der Waals surface area contributed by atoms with E-state index >= 15 is 0 Å². The van der Waals surface area contributed by atoms with Crippen LogP contribution in [0.2, 0.25) is 0 Å². The minimum Gasteiger partial charge on any atom is -0.493 e. The number of aryl methyl sites for hydroxylation is 1. The van der Waals surface area contributed by atoms with Gasteiger partial charge in [0.25, 0.3) is 0 Å². The molecule has 11 heteroatoms. The molecule has 2 N–H and O–H groups in total. The van der Waals surface area contributed by atoms with Crippen LogP contribution < -0.4 is 20.1 Å². The molecule has 0 saturated carbocycles. The molecule has 0 bridgehead atoms. The van der Waals surface area contributed by atoms with Crippen molar-refractivity contribution in [2.45, 2.75) is 32.1 Å². The Bertz CT molecular complexity index is 1260. The SMILES string of the molecule is CCn1c(CNC(=O)/C=C/c2ccc(OC)c(OC)c2)nnc1SCC(=O)Nc1ccc(Br)cc1C. The highest BCUT2D eigenvalue weighted by atomic mass is 79.9. The summed E-state index contributed by atoms with van der Waals surface area (Å²) in [4.78, 5) is 24.8. The number of methoxy groups -OCH3 is 2. The number of anilines is 1. The van der Waals surface area contributed by atoms with Gasteiger partial charge in [0.2, 0.25) is 11.8 Å². The number of aromatic nitrogens is 3. The number of thioether (sulfide) groups is 1. The molecule has 0 atom stereocenters. The molecule has 190 valence electrons. The summed E-state index contributed by atoms with van der Waals surface area (Å²) in [6.45, 7) is 4.71. The van der Waals surface area contributed by atoms with E-state index in [1.54, 1.807) is 32.4 Å². The third kappa shape index (κ3) is 7.34. The van der Waals surface area contributed by atoms with Crippen molar-refractivity contribution in [1.82, 2.24) is 20.1 Å². The van der Waals surface area contributed by atoms with E-state index in [1.807, 2.05) is 42.7 Å². The number of carbonyl (C=O) groups excluding carboxylic acids is 2. The van der Waals surface area contributed by atoms with Gasteiger partial charge in [-0.05, 0) is 61.4 Å². The molecular weight excluding hydrogens is 546 g/mol. The minimum absolute atomic E-state index is 0.133. The lowest BCUT2D eigenvalue weighted by Crippen LogP contribution is -2.22. The number of nitrogens with one attached hydrogen (secondary N) is 2. The molecule has 1 heterocycles. The first-order chi connectivity index (χ1) is 17.3. The molecule has 0 unspecified atom stereocenters. The van der Waals surface area contributed by atoms with E-state index in [1.165, 1.54) is 17.8 Å². The lowest BCUT2D eigenvalue weighted by Gasteiger charge is -2.10. The van der Waals surface area contributed by atoms with Gasteiger partial charge in [-0.25, -0.2) is 0 Å². The van der Waals surface area contributed by atoms with Crippen LogP contribution in [0.4, 0.5) is 5.69 Å². The number of carbonyl (C=O) groups is 2. The fourth-order valence-electron chi connectivity index (χ4n) is 3.31. The highest BCUT2D eigenvalue weighted by Gasteiger charge is 2.14. The van der Waals surface area contributed by atoms with Crippen molar-refractivity contribution in [3.8, 4) is 11.5 Å². The van der Waals surface area contributed by atoms with Gasteiger partial charge in [0.05, 0.1) is 26.5 Å². The summed E-state index contributed by atoms with van der Waals surface area (Å²) in [6, 6.07) is 11.1. The monoisotopic (exact) mass is 573 g/mol. The first-order valence-electron chi connectivity index (χ1n) is 11.1. The molecule has 0 fully saturated rings.